The van der Waals surface area contributed by atoms with Crippen LogP contribution in [0.5, 0.6) is 0 Å². The molecule has 1 amide bonds. The van der Waals surface area contributed by atoms with Gasteiger partial charge in [0, 0.05) is 23.5 Å². The summed E-state index contributed by atoms with van der Waals surface area (Å²) in [5, 5.41) is 7.14. The third-order valence-electron chi connectivity index (χ3n) is 3.03. The first-order chi connectivity index (χ1) is 9.47. The highest BCUT2D eigenvalue weighted by atomic mass is 16.2. The summed E-state index contributed by atoms with van der Waals surface area (Å²) in [5.74, 6) is -0.0396. The summed E-state index contributed by atoms with van der Waals surface area (Å²) in [6, 6.07) is 7.38. The van der Waals surface area contributed by atoms with E-state index < -0.39 is 0 Å². The number of rotatable bonds is 4. The Balaban J connectivity index is 2.18. The molecule has 20 heavy (non-hydrogen) atoms. The highest BCUT2D eigenvalue weighted by molar-refractivity contribution is 5.80. The van der Waals surface area contributed by atoms with Crippen LogP contribution in [-0.2, 0) is 4.79 Å². The second kappa shape index (κ2) is 5.77. The normalized spacial score (nSPS) is 12.4. The minimum atomic E-state index is -0.341. The maximum Gasteiger partial charge on any atom is 0.244 e. The van der Waals surface area contributed by atoms with Crippen LogP contribution in [0.25, 0.3) is 11.1 Å². The number of nitrogens with one attached hydrogen (secondary N) is 1. The van der Waals surface area contributed by atoms with E-state index in [1.807, 2.05) is 51.2 Å². The minimum absolute atomic E-state index is 0.0396. The molecule has 5 nitrogen and oxygen atoms in total. The van der Waals surface area contributed by atoms with Crippen molar-refractivity contribution in [2.45, 2.75) is 32.9 Å². The van der Waals surface area contributed by atoms with Crippen molar-refractivity contribution in [1.29, 1.82) is 0 Å². The largest absolute Gasteiger partial charge is 0.399 e. The summed E-state index contributed by atoms with van der Waals surface area (Å²) < 4.78 is 1.66. The summed E-state index contributed by atoms with van der Waals surface area (Å²) in [4.78, 5) is 12.0. The van der Waals surface area contributed by atoms with Crippen LogP contribution in [0.1, 0.15) is 26.8 Å². The van der Waals surface area contributed by atoms with Crippen LogP contribution in [0.15, 0.2) is 36.7 Å². The van der Waals surface area contributed by atoms with E-state index in [0.717, 1.165) is 11.1 Å². The van der Waals surface area contributed by atoms with E-state index in [0.29, 0.717) is 5.69 Å². The number of benzene rings is 1. The molecule has 1 aromatic heterocycles. The lowest BCUT2D eigenvalue weighted by atomic mass is 10.1. The highest BCUT2D eigenvalue weighted by Crippen LogP contribution is 2.21. The van der Waals surface area contributed by atoms with Crippen LogP contribution in [0, 0.1) is 0 Å². The van der Waals surface area contributed by atoms with Crippen LogP contribution in [0.4, 0.5) is 5.69 Å². The predicted octanol–water partition coefficient (Wildman–Crippen LogP) is 2.22. The molecule has 0 spiro atoms. The van der Waals surface area contributed by atoms with Crippen molar-refractivity contribution in [3.63, 3.8) is 0 Å². The molecule has 0 bridgehead atoms. The number of carbonyl (C=O) groups excluding carboxylic acids is 1. The third kappa shape index (κ3) is 3.17. The Morgan fingerprint density at radius 1 is 1.30 bits per heavy atom. The van der Waals surface area contributed by atoms with Crippen LogP contribution < -0.4 is 11.1 Å². The first-order valence-electron chi connectivity index (χ1n) is 6.68. The zero-order chi connectivity index (χ0) is 14.7. The summed E-state index contributed by atoms with van der Waals surface area (Å²) in [6.07, 6.45) is 3.60. The van der Waals surface area contributed by atoms with Gasteiger partial charge in [-0.15, -0.1) is 0 Å². The van der Waals surface area contributed by atoms with Gasteiger partial charge in [0.15, 0.2) is 0 Å². The van der Waals surface area contributed by atoms with Gasteiger partial charge in [0.25, 0.3) is 0 Å². The van der Waals surface area contributed by atoms with E-state index in [1.165, 1.54) is 0 Å². The lowest BCUT2D eigenvalue weighted by Crippen LogP contribution is -2.35. The van der Waals surface area contributed by atoms with E-state index in [2.05, 4.69) is 10.4 Å². The van der Waals surface area contributed by atoms with E-state index in [4.69, 9.17) is 5.73 Å². The molecule has 0 fully saturated rings. The number of hydrogen-bond acceptors (Lipinski definition) is 3. The maximum absolute atomic E-state index is 12.0. The topological polar surface area (TPSA) is 72.9 Å². The first kappa shape index (κ1) is 14.1. The van der Waals surface area contributed by atoms with Gasteiger partial charge in [-0.05, 0) is 38.5 Å². The number of nitrogens with zero attached hydrogens (tertiary/aromatic N) is 2. The van der Waals surface area contributed by atoms with Gasteiger partial charge in [-0.25, -0.2) is 0 Å². The second-order valence-electron chi connectivity index (χ2n) is 5.17. The Hall–Kier alpha value is -2.30. The summed E-state index contributed by atoms with van der Waals surface area (Å²) in [6.45, 7) is 5.70. The molecule has 0 aliphatic carbocycles. The Labute approximate surface area is 118 Å². The first-order valence-corrected chi connectivity index (χ1v) is 6.68. The molecule has 0 saturated carbocycles. The Bertz CT molecular complexity index is 603. The molecule has 0 saturated heterocycles. The molecule has 1 aromatic carbocycles. The lowest BCUT2D eigenvalue weighted by Gasteiger charge is -2.14. The van der Waals surface area contributed by atoms with Gasteiger partial charge in [-0.3, -0.25) is 9.48 Å². The quantitative estimate of drug-likeness (QED) is 0.838. The van der Waals surface area contributed by atoms with Gasteiger partial charge in [0.1, 0.15) is 6.04 Å². The number of hydrogen-bond donors (Lipinski definition) is 2. The molecule has 2 aromatic rings. The number of carbonyl (C=O) groups is 1. The van der Waals surface area contributed by atoms with Gasteiger partial charge in [0.05, 0.1) is 6.20 Å². The van der Waals surface area contributed by atoms with E-state index in [-0.39, 0.29) is 18.0 Å². The molecule has 0 aliphatic heterocycles. The van der Waals surface area contributed by atoms with E-state index in [1.54, 1.807) is 10.9 Å². The van der Waals surface area contributed by atoms with Crippen LogP contribution in [0.2, 0.25) is 0 Å². The summed E-state index contributed by atoms with van der Waals surface area (Å²) >= 11 is 0. The monoisotopic (exact) mass is 272 g/mol. The van der Waals surface area contributed by atoms with Crippen molar-refractivity contribution >= 4 is 11.6 Å². The zero-order valence-electron chi connectivity index (χ0n) is 12.0. The molecule has 5 heteroatoms. The average molecular weight is 272 g/mol. The van der Waals surface area contributed by atoms with Crippen molar-refractivity contribution in [1.82, 2.24) is 15.1 Å². The Kier molecular flexibility index (Phi) is 4.08. The molecule has 106 valence electrons. The van der Waals surface area contributed by atoms with Crippen molar-refractivity contribution < 1.29 is 4.79 Å². The van der Waals surface area contributed by atoms with E-state index in [9.17, 15) is 4.79 Å². The standard InChI is InChI=1S/C15H20N4O/c1-10(2)18-15(20)11(3)19-9-13(8-17-19)12-5-4-6-14(16)7-12/h4-11H,16H2,1-3H3,(H,18,20). The number of anilines is 1. The van der Waals surface area contributed by atoms with Gasteiger partial charge >= 0.3 is 0 Å². The fourth-order valence-electron chi connectivity index (χ4n) is 1.94. The minimum Gasteiger partial charge on any atom is -0.399 e. The predicted molar refractivity (Wildman–Crippen MR) is 80.1 cm³/mol. The fraction of sp³-hybridized carbons (Fsp3) is 0.333. The molecule has 0 aliphatic rings. The highest BCUT2D eigenvalue weighted by Gasteiger charge is 2.16. The third-order valence-corrected chi connectivity index (χ3v) is 3.03. The Morgan fingerprint density at radius 2 is 2.05 bits per heavy atom. The summed E-state index contributed by atoms with van der Waals surface area (Å²) in [5.41, 5.74) is 8.42. The zero-order valence-corrected chi connectivity index (χ0v) is 12.0. The molecule has 1 atom stereocenters. The molecule has 3 N–H and O–H groups in total. The van der Waals surface area contributed by atoms with Crippen molar-refractivity contribution in [2.75, 3.05) is 5.73 Å². The van der Waals surface area contributed by atoms with Crippen molar-refractivity contribution in [2.24, 2.45) is 0 Å². The van der Waals surface area contributed by atoms with Gasteiger partial charge < -0.3 is 11.1 Å². The number of amides is 1. The van der Waals surface area contributed by atoms with Crippen molar-refractivity contribution in [3.8, 4) is 11.1 Å². The smallest absolute Gasteiger partial charge is 0.244 e. The molecular weight excluding hydrogens is 252 g/mol. The molecule has 1 heterocycles. The van der Waals surface area contributed by atoms with Crippen LogP contribution in [0.3, 0.4) is 0 Å². The fourth-order valence-corrected chi connectivity index (χ4v) is 1.94. The summed E-state index contributed by atoms with van der Waals surface area (Å²) in [7, 11) is 0. The van der Waals surface area contributed by atoms with Gasteiger partial charge in [0.2, 0.25) is 5.91 Å². The number of nitrogen functional groups attached to an aromatic ring is 1. The van der Waals surface area contributed by atoms with Crippen molar-refractivity contribution in [3.05, 3.63) is 36.7 Å². The van der Waals surface area contributed by atoms with Crippen LogP contribution >= 0.6 is 0 Å². The molecule has 0 radical (unpaired) electrons. The average Bonchev–Trinajstić information content (AvgIpc) is 2.86. The number of aromatic nitrogens is 2. The van der Waals surface area contributed by atoms with Gasteiger partial charge in [-0.1, -0.05) is 12.1 Å². The lowest BCUT2D eigenvalue weighted by molar-refractivity contribution is -0.124. The molecule has 2 rings (SSSR count). The van der Waals surface area contributed by atoms with E-state index >= 15 is 0 Å². The van der Waals surface area contributed by atoms with Crippen LogP contribution in [-0.4, -0.2) is 21.7 Å². The maximum atomic E-state index is 12.0. The Morgan fingerprint density at radius 3 is 2.70 bits per heavy atom. The molecule has 1 unspecified atom stereocenters. The number of nitrogens with two attached hydrogens (primary N) is 1. The SMILES string of the molecule is CC(C)NC(=O)C(C)n1cc(-c2cccc(N)c2)cn1. The second-order valence-corrected chi connectivity index (χ2v) is 5.17. The van der Waals surface area contributed by atoms with Gasteiger partial charge in [-0.2, -0.15) is 5.10 Å². The molecular formula is C15H20N4O.